The molecule has 0 saturated carbocycles. The summed E-state index contributed by atoms with van der Waals surface area (Å²) in [5.41, 5.74) is 0. The summed E-state index contributed by atoms with van der Waals surface area (Å²) in [5.74, 6) is 0.270. The zero-order chi connectivity index (χ0) is 12.4. The number of ether oxygens (including phenoxy) is 1. The van der Waals surface area contributed by atoms with E-state index in [4.69, 9.17) is 4.74 Å². The minimum Gasteiger partial charge on any atom is -0.393 e. The molecule has 0 radical (unpaired) electrons. The van der Waals surface area contributed by atoms with Gasteiger partial charge in [0.15, 0.2) is 0 Å². The van der Waals surface area contributed by atoms with Crippen LogP contribution in [0.1, 0.15) is 13.3 Å². The van der Waals surface area contributed by atoms with Gasteiger partial charge in [0.2, 0.25) is 5.91 Å². The van der Waals surface area contributed by atoms with Crippen LogP contribution in [0, 0.1) is 11.8 Å². The van der Waals surface area contributed by atoms with E-state index in [1.807, 2.05) is 18.9 Å². The quantitative estimate of drug-likeness (QED) is 0.682. The van der Waals surface area contributed by atoms with Crippen molar-refractivity contribution >= 4 is 5.91 Å². The SMILES string of the molecule is CNC1COCC1C(=O)N1CCC(O)C(C)C1. The van der Waals surface area contributed by atoms with Crippen LogP contribution in [0.3, 0.4) is 0 Å². The molecule has 98 valence electrons. The third-order valence-electron chi connectivity index (χ3n) is 3.94. The first-order valence-corrected chi connectivity index (χ1v) is 6.35. The van der Waals surface area contributed by atoms with Gasteiger partial charge >= 0.3 is 0 Å². The Morgan fingerprint density at radius 3 is 2.88 bits per heavy atom. The number of likely N-dealkylation sites (N-methyl/N-ethyl adjacent to an activating group) is 1. The van der Waals surface area contributed by atoms with Crippen molar-refractivity contribution < 1.29 is 14.6 Å². The molecule has 2 aliphatic rings. The smallest absolute Gasteiger partial charge is 0.229 e. The number of likely N-dealkylation sites (tertiary alicyclic amines) is 1. The molecule has 2 N–H and O–H groups in total. The Labute approximate surface area is 102 Å². The lowest BCUT2D eigenvalue weighted by Crippen LogP contribution is -2.50. The predicted molar refractivity (Wildman–Crippen MR) is 63.5 cm³/mol. The molecule has 4 unspecified atom stereocenters. The maximum atomic E-state index is 12.3. The number of hydrogen-bond acceptors (Lipinski definition) is 4. The standard InChI is InChI=1S/C12H22N2O3/c1-8-5-14(4-3-11(8)15)12(16)9-6-17-7-10(9)13-2/h8-11,13,15H,3-7H2,1-2H3. The van der Waals surface area contributed by atoms with E-state index in [1.165, 1.54) is 0 Å². The van der Waals surface area contributed by atoms with Crippen molar-refractivity contribution in [3.8, 4) is 0 Å². The van der Waals surface area contributed by atoms with Gasteiger partial charge in [-0.1, -0.05) is 6.92 Å². The average Bonchev–Trinajstić information content (AvgIpc) is 2.80. The highest BCUT2D eigenvalue weighted by Crippen LogP contribution is 2.22. The third kappa shape index (κ3) is 2.61. The molecule has 2 aliphatic heterocycles. The molecule has 0 spiro atoms. The molecule has 0 aliphatic carbocycles. The summed E-state index contributed by atoms with van der Waals surface area (Å²) >= 11 is 0. The highest BCUT2D eigenvalue weighted by Gasteiger charge is 2.37. The van der Waals surface area contributed by atoms with Gasteiger partial charge in [-0.3, -0.25) is 4.79 Å². The second kappa shape index (κ2) is 5.33. The number of nitrogens with zero attached hydrogens (tertiary/aromatic N) is 1. The highest BCUT2D eigenvalue weighted by molar-refractivity contribution is 5.80. The van der Waals surface area contributed by atoms with Crippen molar-refractivity contribution in [2.75, 3.05) is 33.4 Å². The van der Waals surface area contributed by atoms with Gasteiger partial charge in [0.1, 0.15) is 0 Å². The maximum Gasteiger partial charge on any atom is 0.229 e. The van der Waals surface area contributed by atoms with Gasteiger partial charge < -0.3 is 20.1 Å². The fourth-order valence-electron chi connectivity index (χ4n) is 2.65. The molecule has 5 heteroatoms. The van der Waals surface area contributed by atoms with E-state index in [0.717, 1.165) is 0 Å². The van der Waals surface area contributed by atoms with Crippen LogP contribution in [-0.2, 0) is 9.53 Å². The molecule has 2 rings (SSSR count). The molecule has 0 bridgehead atoms. The third-order valence-corrected chi connectivity index (χ3v) is 3.94. The zero-order valence-corrected chi connectivity index (χ0v) is 10.6. The van der Waals surface area contributed by atoms with Gasteiger partial charge in [0.05, 0.1) is 25.2 Å². The Kier molecular flexibility index (Phi) is 4.01. The first kappa shape index (κ1) is 12.8. The predicted octanol–water partition coefficient (Wildman–Crippen LogP) is -0.550. The van der Waals surface area contributed by atoms with Crippen LogP contribution in [0.25, 0.3) is 0 Å². The first-order chi connectivity index (χ1) is 8.13. The van der Waals surface area contributed by atoms with Crippen molar-refractivity contribution in [2.45, 2.75) is 25.5 Å². The molecule has 4 atom stereocenters. The largest absolute Gasteiger partial charge is 0.393 e. The van der Waals surface area contributed by atoms with Gasteiger partial charge in [-0.2, -0.15) is 0 Å². The molecule has 5 nitrogen and oxygen atoms in total. The summed E-state index contributed by atoms with van der Waals surface area (Å²) in [7, 11) is 1.86. The number of rotatable bonds is 2. The first-order valence-electron chi connectivity index (χ1n) is 6.35. The topological polar surface area (TPSA) is 61.8 Å². The number of carbonyl (C=O) groups excluding carboxylic acids is 1. The maximum absolute atomic E-state index is 12.3. The number of hydrogen-bond donors (Lipinski definition) is 2. The Hall–Kier alpha value is -0.650. The van der Waals surface area contributed by atoms with E-state index in [-0.39, 0.29) is 29.9 Å². The fraction of sp³-hybridized carbons (Fsp3) is 0.917. The van der Waals surface area contributed by atoms with Gasteiger partial charge in [-0.25, -0.2) is 0 Å². The summed E-state index contributed by atoms with van der Waals surface area (Å²) in [6.45, 7) is 4.44. The van der Waals surface area contributed by atoms with E-state index in [9.17, 15) is 9.90 Å². The summed E-state index contributed by atoms with van der Waals surface area (Å²) in [6.07, 6.45) is 0.420. The van der Waals surface area contributed by atoms with Crippen LogP contribution in [0.2, 0.25) is 0 Å². The molecule has 0 aromatic carbocycles. The molecule has 2 saturated heterocycles. The lowest BCUT2D eigenvalue weighted by Gasteiger charge is -2.36. The van der Waals surface area contributed by atoms with E-state index >= 15 is 0 Å². The number of nitrogens with one attached hydrogen (secondary N) is 1. The fourth-order valence-corrected chi connectivity index (χ4v) is 2.65. The molecule has 2 heterocycles. The van der Waals surface area contributed by atoms with E-state index in [0.29, 0.717) is 32.7 Å². The monoisotopic (exact) mass is 242 g/mol. The average molecular weight is 242 g/mol. The molecular weight excluding hydrogens is 220 g/mol. The Morgan fingerprint density at radius 1 is 1.47 bits per heavy atom. The number of piperidine rings is 1. The van der Waals surface area contributed by atoms with Crippen LogP contribution in [0.5, 0.6) is 0 Å². The number of aliphatic hydroxyl groups is 1. The Bertz CT molecular complexity index is 285. The highest BCUT2D eigenvalue weighted by atomic mass is 16.5. The minimum atomic E-state index is -0.265. The zero-order valence-electron chi connectivity index (χ0n) is 10.6. The summed E-state index contributed by atoms with van der Waals surface area (Å²) in [5, 5.41) is 12.8. The van der Waals surface area contributed by atoms with Gasteiger partial charge in [-0.05, 0) is 19.4 Å². The molecule has 2 fully saturated rings. The molecular formula is C12H22N2O3. The molecule has 17 heavy (non-hydrogen) atoms. The summed E-state index contributed by atoms with van der Waals surface area (Å²) in [4.78, 5) is 14.2. The Morgan fingerprint density at radius 2 is 2.24 bits per heavy atom. The van der Waals surface area contributed by atoms with Gasteiger partial charge in [0, 0.05) is 19.1 Å². The van der Waals surface area contributed by atoms with Crippen molar-refractivity contribution in [3.63, 3.8) is 0 Å². The van der Waals surface area contributed by atoms with Crippen LogP contribution in [-0.4, -0.2) is 61.4 Å². The molecule has 0 aromatic heterocycles. The number of aliphatic hydroxyl groups excluding tert-OH is 1. The lowest BCUT2D eigenvalue weighted by molar-refractivity contribution is -0.139. The molecule has 1 amide bonds. The van der Waals surface area contributed by atoms with Crippen molar-refractivity contribution in [1.29, 1.82) is 0 Å². The van der Waals surface area contributed by atoms with Crippen LogP contribution in [0.15, 0.2) is 0 Å². The summed E-state index contributed by atoms with van der Waals surface area (Å²) < 4.78 is 5.36. The van der Waals surface area contributed by atoms with Crippen LogP contribution in [0.4, 0.5) is 0 Å². The van der Waals surface area contributed by atoms with Crippen molar-refractivity contribution in [3.05, 3.63) is 0 Å². The summed E-state index contributed by atoms with van der Waals surface area (Å²) in [6, 6.07) is 0.129. The number of amides is 1. The Balaban J connectivity index is 1.95. The van der Waals surface area contributed by atoms with Gasteiger partial charge in [0.25, 0.3) is 0 Å². The van der Waals surface area contributed by atoms with Crippen LogP contribution < -0.4 is 5.32 Å². The number of carbonyl (C=O) groups is 1. The lowest BCUT2D eigenvalue weighted by atomic mass is 9.94. The second-order valence-corrected chi connectivity index (χ2v) is 5.16. The van der Waals surface area contributed by atoms with E-state index in [2.05, 4.69) is 5.32 Å². The van der Waals surface area contributed by atoms with E-state index < -0.39 is 0 Å². The molecule has 0 aromatic rings. The van der Waals surface area contributed by atoms with Crippen molar-refractivity contribution in [2.24, 2.45) is 11.8 Å². The second-order valence-electron chi connectivity index (χ2n) is 5.16. The van der Waals surface area contributed by atoms with Crippen molar-refractivity contribution in [1.82, 2.24) is 10.2 Å². The van der Waals surface area contributed by atoms with Crippen LogP contribution >= 0.6 is 0 Å². The van der Waals surface area contributed by atoms with Gasteiger partial charge in [-0.15, -0.1) is 0 Å². The normalized spacial score (nSPS) is 38.4. The van der Waals surface area contributed by atoms with E-state index in [1.54, 1.807) is 0 Å². The minimum absolute atomic E-state index is 0.0672.